The number of likely N-dealkylation sites (tertiary alicyclic amines) is 1. The number of aliphatic hydroxyl groups excluding tert-OH is 1. The summed E-state index contributed by atoms with van der Waals surface area (Å²) in [4.78, 5) is 36.3. The Labute approximate surface area is 110 Å². The molecule has 106 valence electrons. The van der Waals surface area contributed by atoms with E-state index in [1.54, 1.807) is 4.90 Å². The summed E-state index contributed by atoms with van der Waals surface area (Å²) < 4.78 is 0. The highest BCUT2D eigenvalue weighted by atomic mass is 16.4. The topological polar surface area (TPSA) is 107 Å². The van der Waals surface area contributed by atoms with E-state index in [-0.39, 0.29) is 11.8 Å². The van der Waals surface area contributed by atoms with E-state index in [4.69, 9.17) is 10.2 Å². The third kappa shape index (κ3) is 3.04. The highest BCUT2D eigenvalue weighted by Gasteiger charge is 2.41. The minimum atomic E-state index is -1.31. The van der Waals surface area contributed by atoms with E-state index < -0.39 is 30.6 Å². The van der Waals surface area contributed by atoms with E-state index in [0.717, 1.165) is 19.3 Å². The Morgan fingerprint density at radius 1 is 1.26 bits per heavy atom. The van der Waals surface area contributed by atoms with Gasteiger partial charge in [-0.1, -0.05) is 0 Å². The zero-order valence-electron chi connectivity index (χ0n) is 10.5. The molecule has 0 aromatic carbocycles. The molecule has 7 nitrogen and oxygen atoms in total. The molecule has 2 aliphatic rings. The van der Waals surface area contributed by atoms with Gasteiger partial charge in [0.05, 0.1) is 6.61 Å². The number of hydrogen-bond acceptors (Lipinski definition) is 4. The summed E-state index contributed by atoms with van der Waals surface area (Å²) in [5.74, 6) is -1.74. The average Bonchev–Trinajstić information content (AvgIpc) is 3.11. The Morgan fingerprint density at radius 2 is 1.95 bits per heavy atom. The number of hydrogen-bond donors (Lipinski definition) is 3. The third-order valence-corrected chi connectivity index (χ3v) is 3.56. The van der Waals surface area contributed by atoms with Crippen molar-refractivity contribution in [3.05, 3.63) is 0 Å². The van der Waals surface area contributed by atoms with Crippen LogP contribution in [0.15, 0.2) is 0 Å². The standard InChI is InChI=1S/C12H18N2O5/c15-6-8(12(18)19)13-10(16)9-2-1-5-14(9)11(17)7-3-4-7/h7-9,15H,1-6H2,(H,13,16)(H,18,19). The molecule has 1 saturated heterocycles. The predicted octanol–water partition coefficient (Wildman–Crippen LogP) is -1.05. The molecule has 0 bridgehead atoms. The fourth-order valence-corrected chi connectivity index (χ4v) is 2.32. The SMILES string of the molecule is O=C(O)C(CO)NC(=O)C1CCCN1C(=O)C1CC1. The molecule has 7 heteroatoms. The molecular formula is C12H18N2O5. The zero-order chi connectivity index (χ0) is 14.0. The van der Waals surface area contributed by atoms with Crippen LogP contribution >= 0.6 is 0 Å². The molecule has 2 fully saturated rings. The van der Waals surface area contributed by atoms with Crippen LogP contribution in [0.4, 0.5) is 0 Å². The third-order valence-electron chi connectivity index (χ3n) is 3.56. The smallest absolute Gasteiger partial charge is 0.328 e. The molecule has 0 aromatic rings. The highest BCUT2D eigenvalue weighted by molar-refractivity contribution is 5.92. The summed E-state index contributed by atoms with van der Waals surface area (Å²) in [6, 6.07) is -1.91. The largest absolute Gasteiger partial charge is 0.480 e. The molecule has 1 aliphatic heterocycles. The Bertz CT molecular complexity index is 394. The van der Waals surface area contributed by atoms with Crippen molar-refractivity contribution in [2.75, 3.05) is 13.2 Å². The van der Waals surface area contributed by atoms with Crippen molar-refractivity contribution >= 4 is 17.8 Å². The van der Waals surface area contributed by atoms with E-state index in [2.05, 4.69) is 5.32 Å². The summed E-state index contributed by atoms with van der Waals surface area (Å²) in [5.41, 5.74) is 0. The fourth-order valence-electron chi connectivity index (χ4n) is 2.32. The van der Waals surface area contributed by atoms with Crippen LogP contribution < -0.4 is 5.32 Å². The number of carbonyl (C=O) groups excluding carboxylic acids is 2. The van der Waals surface area contributed by atoms with E-state index >= 15 is 0 Å². The van der Waals surface area contributed by atoms with Gasteiger partial charge in [-0.2, -0.15) is 0 Å². The second-order valence-corrected chi connectivity index (χ2v) is 5.05. The molecule has 0 radical (unpaired) electrons. The monoisotopic (exact) mass is 270 g/mol. The van der Waals surface area contributed by atoms with Gasteiger partial charge in [-0.05, 0) is 25.7 Å². The Morgan fingerprint density at radius 3 is 2.47 bits per heavy atom. The lowest BCUT2D eigenvalue weighted by Gasteiger charge is -2.25. The fraction of sp³-hybridized carbons (Fsp3) is 0.750. The highest BCUT2D eigenvalue weighted by Crippen LogP contribution is 2.33. The maximum Gasteiger partial charge on any atom is 0.328 e. The summed E-state index contributed by atoms with van der Waals surface area (Å²) in [5, 5.41) is 19.9. The van der Waals surface area contributed by atoms with Crippen LogP contribution in [0.5, 0.6) is 0 Å². The van der Waals surface area contributed by atoms with Crippen molar-refractivity contribution in [1.29, 1.82) is 0 Å². The second kappa shape index (κ2) is 5.56. The molecule has 1 aliphatic carbocycles. The van der Waals surface area contributed by atoms with Gasteiger partial charge in [-0.25, -0.2) is 4.79 Å². The van der Waals surface area contributed by atoms with E-state index in [0.29, 0.717) is 13.0 Å². The maximum absolute atomic E-state index is 12.0. The van der Waals surface area contributed by atoms with Crippen molar-refractivity contribution in [2.24, 2.45) is 5.92 Å². The first-order chi connectivity index (χ1) is 9.04. The minimum absolute atomic E-state index is 0.00600. The van der Waals surface area contributed by atoms with Crippen LogP contribution in [0.1, 0.15) is 25.7 Å². The molecule has 0 aromatic heterocycles. The lowest BCUT2D eigenvalue weighted by molar-refractivity contribution is -0.145. The number of amides is 2. The predicted molar refractivity (Wildman–Crippen MR) is 64.1 cm³/mol. The molecule has 2 amide bonds. The van der Waals surface area contributed by atoms with Gasteiger partial charge in [0.15, 0.2) is 0 Å². The number of nitrogens with one attached hydrogen (secondary N) is 1. The van der Waals surface area contributed by atoms with E-state index in [1.807, 2.05) is 0 Å². The number of aliphatic carboxylic acids is 1. The van der Waals surface area contributed by atoms with Gasteiger partial charge in [-0.3, -0.25) is 9.59 Å². The van der Waals surface area contributed by atoms with Crippen molar-refractivity contribution in [1.82, 2.24) is 10.2 Å². The van der Waals surface area contributed by atoms with Crippen LogP contribution in [-0.4, -0.2) is 58.1 Å². The average molecular weight is 270 g/mol. The first-order valence-electron chi connectivity index (χ1n) is 6.49. The molecule has 2 rings (SSSR count). The van der Waals surface area contributed by atoms with Crippen LogP contribution in [0, 0.1) is 5.92 Å². The summed E-state index contributed by atoms with van der Waals surface area (Å²) in [6.45, 7) is -0.116. The normalized spacial score (nSPS) is 24.1. The zero-order valence-corrected chi connectivity index (χ0v) is 10.5. The number of rotatable bonds is 5. The molecule has 19 heavy (non-hydrogen) atoms. The van der Waals surface area contributed by atoms with Crippen molar-refractivity contribution < 1.29 is 24.6 Å². The van der Waals surface area contributed by atoms with Gasteiger partial charge in [-0.15, -0.1) is 0 Å². The number of nitrogens with zero attached hydrogens (tertiary/aromatic N) is 1. The second-order valence-electron chi connectivity index (χ2n) is 5.05. The van der Waals surface area contributed by atoms with Gasteiger partial charge in [0, 0.05) is 12.5 Å². The number of carbonyl (C=O) groups is 3. The Hall–Kier alpha value is -1.63. The molecule has 1 saturated carbocycles. The van der Waals surface area contributed by atoms with Crippen molar-refractivity contribution in [3.8, 4) is 0 Å². The molecule has 0 spiro atoms. The molecule has 2 unspecified atom stereocenters. The van der Waals surface area contributed by atoms with Gasteiger partial charge >= 0.3 is 5.97 Å². The summed E-state index contributed by atoms with van der Waals surface area (Å²) in [6.07, 6.45) is 3.03. The van der Waals surface area contributed by atoms with Gasteiger partial charge in [0.2, 0.25) is 11.8 Å². The van der Waals surface area contributed by atoms with Crippen molar-refractivity contribution in [3.63, 3.8) is 0 Å². The van der Waals surface area contributed by atoms with Gasteiger partial charge in [0.1, 0.15) is 12.1 Å². The number of carboxylic acids is 1. The summed E-state index contributed by atoms with van der Waals surface area (Å²) in [7, 11) is 0. The quantitative estimate of drug-likeness (QED) is 0.591. The van der Waals surface area contributed by atoms with Crippen LogP contribution in [0.25, 0.3) is 0 Å². The van der Waals surface area contributed by atoms with Crippen LogP contribution in [0.3, 0.4) is 0 Å². The Balaban J connectivity index is 1.97. The van der Waals surface area contributed by atoms with E-state index in [9.17, 15) is 14.4 Å². The molecule has 3 N–H and O–H groups in total. The van der Waals surface area contributed by atoms with Crippen LogP contribution in [0.2, 0.25) is 0 Å². The lowest BCUT2D eigenvalue weighted by atomic mass is 10.1. The number of carboxylic acid groups (broad SMARTS) is 1. The maximum atomic E-state index is 12.0. The first-order valence-corrected chi connectivity index (χ1v) is 6.49. The van der Waals surface area contributed by atoms with E-state index in [1.165, 1.54) is 0 Å². The lowest BCUT2D eigenvalue weighted by Crippen LogP contribution is -2.52. The van der Waals surface area contributed by atoms with Crippen LogP contribution in [-0.2, 0) is 14.4 Å². The first kappa shape index (κ1) is 13.8. The minimum Gasteiger partial charge on any atom is -0.480 e. The molecule has 1 heterocycles. The Kier molecular flexibility index (Phi) is 4.04. The van der Waals surface area contributed by atoms with Crippen molar-refractivity contribution in [2.45, 2.75) is 37.8 Å². The van der Waals surface area contributed by atoms with Gasteiger partial charge < -0.3 is 20.4 Å². The molecule has 2 atom stereocenters. The molecular weight excluding hydrogens is 252 g/mol. The van der Waals surface area contributed by atoms with Gasteiger partial charge in [0.25, 0.3) is 0 Å². The number of aliphatic hydroxyl groups is 1. The summed E-state index contributed by atoms with van der Waals surface area (Å²) >= 11 is 0.